The third-order valence-corrected chi connectivity index (χ3v) is 1.50. The summed E-state index contributed by atoms with van der Waals surface area (Å²) in [4.78, 5) is 10.2. The fraction of sp³-hybridized carbons (Fsp3) is 0. The number of hydrogen-bond donors (Lipinski definition) is 0. The van der Waals surface area contributed by atoms with Gasteiger partial charge in [0.05, 0.1) is 0 Å². The van der Waals surface area contributed by atoms with Gasteiger partial charge in [0.1, 0.15) is 6.29 Å². The molecule has 0 amide bonds. The SMILES string of the molecule is C=C/C=C\C(=C)C(=C)/C=C\C(=C)C=O. The van der Waals surface area contributed by atoms with Gasteiger partial charge in [-0.2, -0.15) is 0 Å². The summed E-state index contributed by atoms with van der Waals surface area (Å²) in [5, 5.41) is 0. The highest BCUT2D eigenvalue weighted by Crippen LogP contribution is 2.09. The van der Waals surface area contributed by atoms with Crippen molar-refractivity contribution in [2.75, 3.05) is 0 Å². The van der Waals surface area contributed by atoms with E-state index in [4.69, 9.17) is 0 Å². The zero-order chi connectivity index (χ0) is 11.0. The van der Waals surface area contributed by atoms with E-state index in [1.807, 2.05) is 0 Å². The summed E-state index contributed by atoms with van der Waals surface area (Å²) in [5.74, 6) is 0. The van der Waals surface area contributed by atoms with E-state index >= 15 is 0 Å². The van der Waals surface area contributed by atoms with Gasteiger partial charge < -0.3 is 0 Å². The summed E-state index contributed by atoms with van der Waals surface area (Å²) in [7, 11) is 0. The molecule has 72 valence electrons. The van der Waals surface area contributed by atoms with Crippen molar-refractivity contribution in [1.29, 1.82) is 0 Å². The molecule has 0 N–H and O–H groups in total. The van der Waals surface area contributed by atoms with E-state index in [2.05, 4.69) is 26.3 Å². The van der Waals surface area contributed by atoms with Crippen molar-refractivity contribution >= 4 is 6.29 Å². The number of carbonyl (C=O) groups is 1. The van der Waals surface area contributed by atoms with E-state index in [9.17, 15) is 4.79 Å². The number of carbonyl (C=O) groups excluding carboxylic acids is 1. The minimum atomic E-state index is 0.409. The van der Waals surface area contributed by atoms with E-state index in [1.54, 1.807) is 30.4 Å². The van der Waals surface area contributed by atoms with Crippen LogP contribution in [0.15, 0.2) is 73.4 Å². The predicted molar refractivity (Wildman–Crippen MR) is 62.0 cm³/mol. The van der Waals surface area contributed by atoms with E-state index in [1.165, 1.54) is 0 Å². The van der Waals surface area contributed by atoms with Crippen molar-refractivity contribution in [1.82, 2.24) is 0 Å². The Labute approximate surface area is 85.1 Å². The summed E-state index contributed by atoms with van der Waals surface area (Å²) in [5.41, 5.74) is 1.93. The summed E-state index contributed by atoms with van der Waals surface area (Å²) < 4.78 is 0. The van der Waals surface area contributed by atoms with Gasteiger partial charge in [-0.05, 0) is 11.1 Å². The van der Waals surface area contributed by atoms with Gasteiger partial charge in [-0.25, -0.2) is 0 Å². The Bertz CT molecular complexity index is 327. The zero-order valence-corrected chi connectivity index (χ0v) is 8.20. The Kier molecular flexibility index (Phi) is 5.72. The average molecular weight is 186 g/mol. The first kappa shape index (κ1) is 12.1. The van der Waals surface area contributed by atoms with Crippen molar-refractivity contribution in [3.63, 3.8) is 0 Å². The molecule has 0 aromatic carbocycles. The number of hydrogen-bond acceptors (Lipinski definition) is 1. The maximum atomic E-state index is 10.2. The normalized spacial score (nSPS) is 10.3. The van der Waals surface area contributed by atoms with Crippen LogP contribution in [0.4, 0.5) is 0 Å². The lowest BCUT2D eigenvalue weighted by Gasteiger charge is -1.97. The first-order valence-corrected chi connectivity index (χ1v) is 4.11. The Balaban J connectivity index is 4.35. The summed E-state index contributed by atoms with van der Waals surface area (Å²) in [6.07, 6.45) is 9.21. The van der Waals surface area contributed by atoms with Crippen molar-refractivity contribution in [3.8, 4) is 0 Å². The lowest BCUT2D eigenvalue weighted by molar-refractivity contribution is -0.104. The summed E-state index contributed by atoms with van der Waals surface area (Å²) in [6.45, 7) is 14.6. The lowest BCUT2D eigenvalue weighted by Crippen LogP contribution is -1.79. The van der Waals surface area contributed by atoms with Gasteiger partial charge in [-0.1, -0.05) is 56.7 Å². The molecule has 0 aromatic heterocycles. The second-order valence-corrected chi connectivity index (χ2v) is 2.67. The molecule has 14 heavy (non-hydrogen) atoms. The second-order valence-electron chi connectivity index (χ2n) is 2.67. The molecule has 1 heteroatoms. The molecule has 0 atom stereocenters. The van der Waals surface area contributed by atoms with Crippen molar-refractivity contribution in [3.05, 3.63) is 73.4 Å². The molecule has 0 unspecified atom stereocenters. The molecule has 0 rings (SSSR count). The third kappa shape index (κ3) is 4.88. The highest BCUT2D eigenvalue weighted by atomic mass is 16.1. The molecule has 0 bridgehead atoms. The van der Waals surface area contributed by atoms with Crippen LogP contribution in [0.3, 0.4) is 0 Å². The fourth-order valence-corrected chi connectivity index (χ4v) is 0.645. The first-order chi connectivity index (χ1) is 6.61. The monoisotopic (exact) mass is 186 g/mol. The Hall–Kier alpha value is -1.89. The molecule has 0 aliphatic carbocycles. The van der Waals surface area contributed by atoms with Crippen LogP contribution in [0.5, 0.6) is 0 Å². The molecule has 0 fully saturated rings. The van der Waals surface area contributed by atoms with Crippen LogP contribution in [0.2, 0.25) is 0 Å². The van der Waals surface area contributed by atoms with Crippen LogP contribution in [0, 0.1) is 0 Å². The molecule has 0 saturated heterocycles. The van der Waals surface area contributed by atoms with Crippen LogP contribution >= 0.6 is 0 Å². The van der Waals surface area contributed by atoms with Crippen LogP contribution in [0.25, 0.3) is 0 Å². The van der Waals surface area contributed by atoms with Gasteiger partial charge in [0, 0.05) is 5.57 Å². The predicted octanol–water partition coefficient (Wildman–Crippen LogP) is 3.15. The first-order valence-electron chi connectivity index (χ1n) is 4.11. The second kappa shape index (κ2) is 6.61. The van der Waals surface area contributed by atoms with Crippen molar-refractivity contribution in [2.24, 2.45) is 0 Å². The molecule has 0 radical (unpaired) electrons. The van der Waals surface area contributed by atoms with E-state index in [0.29, 0.717) is 11.9 Å². The quantitative estimate of drug-likeness (QED) is 0.354. The van der Waals surface area contributed by atoms with E-state index < -0.39 is 0 Å². The van der Waals surface area contributed by atoms with Crippen molar-refractivity contribution in [2.45, 2.75) is 0 Å². The lowest BCUT2D eigenvalue weighted by atomic mass is 10.1. The third-order valence-electron chi connectivity index (χ3n) is 1.50. The molecule has 0 aromatic rings. The standard InChI is InChI=1S/C13H14O/c1-5-6-7-12(3)13(4)9-8-11(2)10-14/h5-10H,1-4H2/b7-6-,9-8-. The number of allylic oxidation sites excluding steroid dienone is 8. The van der Waals surface area contributed by atoms with Crippen molar-refractivity contribution < 1.29 is 4.79 Å². The summed E-state index contributed by atoms with van der Waals surface area (Å²) >= 11 is 0. The molecule has 0 saturated carbocycles. The van der Waals surface area contributed by atoms with Crippen LogP contribution in [-0.2, 0) is 4.79 Å². The topological polar surface area (TPSA) is 17.1 Å². The molecule has 0 aliphatic heterocycles. The highest BCUT2D eigenvalue weighted by Gasteiger charge is 1.90. The van der Waals surface area contributed by atoms with E-state index in [-0.39, 0.29) is 0 Å². The summed E-state index contributed by atoms with van der Waals surface area (Å²) in [6, 6.07) is 0. The minimum Gasteiger partial charge on any atom is -0.298 e. The molecule has 1 nitrogen and oxygen atoms in total. The van der Waals surface area contributed by atoms with Gasteiger partial charge in [0.25, 0.3) is 0 Å². The Morgan fingerprint density at radius 3 is 2.00 bits per heavy atom. The smallest absolute Gasteiger partial charge is 0.149 e. The maximum Gasteiger partial charge on any atom is 0.149 e. The molecule has 0 aliphatic rings. The zero-order valence-electron chi connectivity index (χ0n) is 8.20. The highest BCUT2D eigenvalue weighted by molar-refractivity contribution is 5.76. The molecule has 0 spiro atoms. The van der Waals surface area contributed by atoms with Gasteiger partial charge in [0.2, 0.25) is 0 Å². The average Bonchev–Trinajstić information content (AvgIpc) is 2.21. The van der Waals surface area contributed by atoms with Gasteiger partial charge in [0.15, 0.2) is 0 Å². The maximum absolute atomic E-state index is 10.2. The largest absolute Gasteiger partial charge is 0.298 e. The van der Waals surface area contributed by atoms with Crippen LogP contribution in [0.1, 0.15) is 0 Å². The van der Waals surface area contributed by atoms with Gasteiger partial charge in [-0.3, -0.25) is 4.79 Å². The Morgan fingerprint density at radius 1 is 0.929 bits per heavy atom. The number of rotatable bonds is 6. The van der Waals surface area contributed by atoms with Gasteiger partial charge >= 0.3 is 0 Å². The van der Waals surface area contributed by atoms with Crippen LogP contribution < -0.4 is 0 Å². The van der Waals surface area contributed by atoms with Gasteiger partial charge in [-0.15, -0.1) is 0 Å². The van der Waals surface area contributed by atoms with Crippen LogP contribution in [-0.4, -0.2) is 6.29 Å². The number of aldehydes is 1. The Morgan fingerprint density at radius 2 is 1.50 bits per heavy atom. The molecule has 0 heterocycles. The molecular formula is C13H14O. The fourth-order valence-electron chi connectivity index (χ4n) is 0.645. The minimum absolute atomic E-state index is 0.409. The van der Waals surface area contributed by atoms with E-state index in [0.717, 1.165) is 11.1 Å². The molecular weight excluding hydrogens is 172 g/mol.